The van der Waals surface area contributed by atoms with Crippen molar-refractivity contribution in [1.29, 1.82) is 0 Å². The molecule has 1 nitrogen and oxygen atoms in total. The summed E-state index contributed by atoms with van der Waals surface area (Å²) in [6, 6.07) is 4.24. The Balaban J connectivity index is 2.14. The lowest BCUT2D eigenvalue weighted by atomic mass is 10.1. The van der Waals surface area contributed by atoms with Crippen molar-refractivity contribution in [2.45, 2.75) is 25.1 Å². The fraction of sp³-hybridized carbons (Fsp3) is 0.500. The lowest BCUT2D eigenvalue weighted by molar-refractivity contribution is -0.137. The van der Waals surface area contributed by atoms with Crippen LogP contribution in [0, 0.1) is 0 Å². The third-order valence-corrected chi connectivity index (χ3v) is 4.32. The molecular weight excluding hydrogens is 327 g/mol. The van der Waals surface area contributed by atoms with Crippen LogP contribution in [0.25, 0.3) is 0 Å². The number of benzene rings is 1. The highest BCUT2D eigenvalue weighted by Crippen LogP contribution is 2.34. The van der Waals surface area contributed by atoms with Gasteiger partial charge in [0, 0.05) is 16.2 Å². The fourth-order valence-electron chi connectivity index (χ4n) is 1.91. The maximum absolute atomic E-state index is 12.7. The Labute approximate surface area is 117 Å². The number of hydrogen-bond acceptors (Lipinski definition) is 2. The zero-order chi connectivity index (χ0) is 13.2. The third-order valence-electron chi connectivity index (χ3n) is 2.82. The molecule has 0 aromatic heterocycles. The standard InChI is InChI=1S/C12H13BrF3NS/c13-9-5-8(12(14,15)16)6-11(7-9)17-10-1-3-18-4-2-10/h5-7,10,17H,1-4H2. The Bertz CT molecular complexity index is 416. The smallest absolute Gasteiger partial charge is 0.382 e. The normalized spacial score (nSPS) is 17.8. The summed E-state index contributed by atoms with van der Waals surface area (Å²) < 4.78 is 38.5. The summed E-state index contributed by atoms with van der Waals surface area (Å²) in [6.07, 6.45) is -2.31. The van der Waals surface area contributed by atoms with E-state index in [0.29, 0.717) is 10.2 Å². The lowest BCUT2D eigenvalue weighted by Crippen LogP contribution is -2.24. The summed E-state index contributed by atoms with van der Waals surface area (Å²) in [7, 11) is 0. The second-order valence-electron chi connectivity index (χ2n) is 4.26. The largest absolute Gasteiger partial charge is 0.416 e. The Hall–Kier alpha value is -0.360. The van der Waals surface area contributed by atoms with Crippen molar-refractivity contribution in [2.24, 2.45) is 0 Å². The molecule has 0 aliphatic carbocycles. The van der Waals surface area contributed by atoms with Crippen LogP contribution in [0.4, 0.5) is 18.9 Å². The van der Waals surface area contributed by atoms with E-state index in [-0.39, 0.29) is 6.04 Å². The molecule has 0 radical (unpaired) electrons. The van der Waals surface area contributed by atoms with Crippen LogP contribution in [-0.4, -0.2) is 17.5 Å². The first kappa shape index (κ1) is 14.1. The van der Waals surface area contributed by atoms with Crippen molar-refractivity contribution < 1.29 is 13.2 Å². The van der Waals surface area contributed by atoms with E-state index >= 15 is 0 Å². The SMILES string of the molecule is FC(F)(F)c1cc(Br)cc(NC2CCSCC2)c1. The molecule has 18 heavy (non-hydrogen) atoms. The van der Waals surface area contributed by atoms with Crippen LogP contribution in [0.3, 0.4) is 0 Å². The van der Waals surface area contributed by atoms with E-state index in [0.717, 1.165) is 30.4 Å². The van der Waals surface area contributed by atoms with Crippen molar-refractivity contribution in [3.05, 3.63) is 28.2 Å². The zero-order valence-electron chi connectivity index (χ0n) is 9.56. The molecule has 1 heterocycles. The second kappa shape index (κ2) is 5.74. The number of rotatable bonds is 2. The Morgan fingerprint density at radius 1 is 1.17 bits per heavy atom. The summed E-state index contributed by atoms with van der Waals surface area (Å²) in [6.45, 7) is 0. The van der Waals surface area contributed by atoms with Crippen molar-refractivity contribution in [3.63, 3.8) is 0 Å². The Morgan fingerprint density at radius 3 is 2.44 bits per heavy atom. The predicted molar refractivity (Wildman–Crippen MR) is 73.1 cm³/mol. The highest BCUT2D eigenvalue weighted by Gasteiger charge is 2.31. The molecule has 0 amide bonds. The topological polar surface area (TPSA) is 12.0 Å². The van der Waals surface area contributed by atoms with Gasteiger partial charge in [-0.25, -0.2) is 0 Å². The molecule has 1 aromatic rings. The maximum atomic E-state index is 12.7. The van der Waals surface area contributed by atoms with Crippen LogP contribution in [0.2, 0.25) is 0 Å². The first-order valence-electron chi connectivity index (χ1n) is 5.67. The highest BCUT2D eigenvalue weighted by atomic mass is 79.9. The molecule has 100 valence electrons. The van der Waals surface area contributed by atoms with Gasteiger partial charge in [0.05, 0.1) is 5.56 Å². The van der Waals surface area contributed by atoms with E-state index in [9.17, 15) is 13.2 Å². The van der Waals surface area contributed by atoms with Crippen LogP contribution in [0.15, 0.2) is 22.7 Å². The van der Waals surface area contributed by atoms with Crippen molar-refractivity contribution in [1.82, 2.24) is 0 Å². The summed E-state index contributed by atoms with van der Waals surface area (Å²) in [5.41, 5.74) is -0.0850. The van der Waals surface area contributed by atoms with Gasteiger partial charge in [0.2, 0.25) is 0 Å². The molecule has 6 heteroatoms. The van der Waals surface area contributed by atoms with Gasteiger partial charge in [-0.05, 0) is 42.5 Å². The molecule has 0 spiro atoms. The van der Waals surface area contributed by atoms with E-state index in [1.807, 2.05) is 11.8 Å². The molecule has 1 saturated heterocycles. The quantitative estimate of drug-likeness (QED) is 0.832. The Morgan fingerprint density at radius 2 is 1.83 bits per heavy atom. The minimum absolute atomic E-state index is 0.279. The molecule has 1 N–H and O–H groups in total. The number of thioether (sulfide) groups is 1. The molecule has 2 rings (SSSR count). The van der Waals surface area contributed by atoms with E-state index in [1.165, 1.54) is 6.07 Å². The molecule has 1 aliphatic heterocycles. The minimum Gasteiger partial charge on any atom is -0.382 e. The number of hydrogen-bond donors (Lipinski definition) is 1. The van der Waals surface area contributed by atoms with Gasteiger partial charge in [-0.1, -0.05) is 15.9 Å². The second-order valence-corrected chi connectivity index (χ2v) is 6.40. The van der Waals surface area contributed by atoms with Gasteiger partial charge in [-0.3, -0.25) is 0 Å². The monoisotopic (exact) mass is 339 g/mol. The van der Waals surface area contributed by atoms with Gasteiger partial charge < -0.3 is 5.32 Å². The van der Waals surface area contributed by atoms with Crippen LogP contribution >= 0.6 is 27.7 Å². The van der Waals surface area contributed by atoms with E-state index in [1.54, 1.807) is 6.07 Å². The van der Waals surface area contributed by atoms with Gasteiger partial charge in [0.25, 0.3) is 0 Å². The van der Waals surface area contributed by atoms with Crippen LogP contribution in [0.1, 0.15) is 18.4 Å². The predicted octanol–water partition coefficient (Wildman–Crippen LogP) is 4.78. The van der Waals surface area contributed by atoms with Gasteiger partial charge >= 0.3 is 6.18 Å². The van der Waals surface area contributed by atoms with Crippen molar-refractivity contribution >= 4 is 33.4 Å². The summed E-state index contributed by atoms with van der Waals surface area (Å²) >= 11 is 5.02. The summed E-state index contributed by atoms with van der Waals surface area (Å²) in [5.74, 6) is 2.13. The van der Waals surface area contributed by atoms with Crippen LogP contribution in [-0.2, 0) is 6.18 Å². The number of anilines is 1. The zero-order valence-corrected chi connectivity index (χ0v) is 12.0. The lowest BCUT2D eigenvalue weighted by Gasteiger charge is -2.24. The van der Waals surface area contributed by atoms with Crippen LogP contribution < -0.4 is 5.32 Å². The van der Waals surface area contributed by atoms with Gasteiger partial charge in [-0.15, -0.1) is 0 Å². The average molecular weight is 340 g/mol. The molecule has 0 atom stereocenters. The van der Waals surface area contributed by atoms with Crippen molar-refractivity contribution in [2.75, 3.05) is 16.8 Å². The number of alkyl halides is 3. The van der Waals surface area contributed by atoms with Crippen molar-refractivity contribution in [3.8, 4) is 0 Å². The molecule has 0 saturated carbocycles. The number of halogens is 4. The molecule has 0 bridgehead atoms. The van der Waals surface area contributed by atoms with E-state index in [2.05, 4.69) is 21.2 Å². The first-order valence-corrected chi connectivity index (χ1v) is 7.62. The average Bonchev–Trinajstić information content (AvgIpc) is 2.28. The molecule has 0 unspecified atom stereocenters. The van der Waals surface area contributed by atoms with Crippen LogP contribution in [0.5, 0.6) is 0 Å². The minimum atomic E-state index is -4.30. The molecule has 1 aliphatic rings. The Kier molecular flexibility index (Phi) is 4.48. The first-order chi connectivity index (χ1) is 8.45. The molecule has 1 fully saturated rings. The summed E-state index contributed by atoms with van der Waals surface area (Å²) in [5, 5.41) is 3.19. The fourth-order valence-corrected chi connectivity index (χ4v) is 3.51. The van der Waals surface area contributed by atoms with Gasteiger partial charge in [-0.2, -0.15) is 24.9 Å². The third kappa shape index (κ3) is 3.82. The van der Waals surface area contributed by atoms with Gasteiger partial charge in [0.15, 0.2) is 0 Å². The molecular formula is C12H13BrF3NS. The van der Waals surface area contributed by atoms with E-state index in [4.69, 9.17) is 0 Å². The summed E-state index contributed by atoms with van der Waals surface area (Å²) in [4.78, 5) is 0. The van der Waals surface area contributed by atoms with Gasteiger partial charge in [0.1, 0.15) is 0 Å². The highest BCUT2D eigenvalue weighted by molar-refractivity contribution is 9.10. The maximum Gasteiger partial charge on any atom is 0.416 e. The molecule has 1 aromatic carbocycles. The number of nitrogens with one attached hydrogen (secondary N) is 1. The van der Waals surface area contributed by atoms with E-state index < -0.39 is 11.7 Å².